The van der Waals surface area contributed by atoms with Crippen LogP contribution in [0.25, 0.3) is 0 Å². The number of nitrogens with one attached hydrogen (secondary N) is 1. The minimum absolute atomic E-state index is 0.173. The molecule has 0 aromatic carbocycles. The van der Waals surface area contributed by atoms with Crippen LogP contribution in [-0.2, 0) is 23.4 Å². The van der Waals surface area contributed by atoms with Crippen molar-refractivity contribution in [2.75, 3.05) is 18.6 Å². The quantitative estimate of drug-likeness (QED) is 0.717. The first-order valence-electron chi connectivity index (χ1n) is 4.76. The van der Waals surface area contributed by atoms with Gasteiger partial charge in [-0.3, -0.25) is 4.68 Å². The van der Waals surface area contributed by atoms with Gasteiger partial charge in [-0.25, -0.2) is 8.42 Å². The molecule has 0 aliphatic carbocycles. The molecule has 15 heavy (non-hydrogen) atoms. The van der Waals surface area contributed by atoms with Crippen LogP contribution >= 0.6 is 0 Å². The Morgan fingerprint density at radius 3 is 2.67 bits per heavy atom. The second-order valence-corrected chi connectivity index (χ2v) is 5.98. The minimum atomic E-state index is -2.87. The first-order valence-corrected chi connectivity index (χ1v) is 6.82. The van der Waals surface area contributed by atoms with Gasteiger partial charge >= 0.3 is 0 Å². The standard InChI is InChI=1S/C9H17N3O2S/c1-8-9(7-12(2)11-8)6-10-4-5-15(3,13)14/h7,10H,4-6H2,1-3H3. The average molecular weight is 231 g/mol. The third-order valence-corrected chi connectivity index (χ3v) is 3.03. The highest BCUT2D eigenvalue weighted by Gasteiger charge is 2.04. The van der Waals surface area contributed by atoms with Crippen LogP contribution in [0.5, 0.6) is 0 Å². The van der Waals surface area contributed by atoms with Crippen LogP contribution in [-0.4, -0.2) is 36.8 Å². The number of nitrogens with zero attached hydrogens (tertiary/aromatic N) is 2. The van der Waals surface area contributed by atoms with Crippen LogP contribution in [0.2, 0.25) is 0 Å². The molecule has 1 heterocycles. The van der Waals surface area contributed by atoms with E-state index in [9.17, 15) is 8.42 Å². The molecular weight excluding hydrogens is 214 g/mol. The second kappa shape index (κ2) is 4.76. The number of sulfone groups is 1. The highest BCUT2D eigenvalue weighted by atomic mass is 32.2. The van der Waals surface area contributed by atoms with Crippen LogP contribution in [0.4, 0.5) is 0 Å². The molecule has 0 amide bonds. The lowest BCUT2D eigenvalue weighted by Gasteiger charge is -2.02. The van der Waals surface area contributed by atoms with Crippen molar-refractivity contribution in [3.63, 3.8) is 0 Å². The van der Waals surface area contributed by atoms with Crippen molar-refractivity contribution in [2.24, 2.45) is 7.05 Å². The number of hydrogen-bond acceptors (Lipinski definition) is 4. The number of aromatic nitrogens is 2. The molecule has 1 N–H and O–H groups in total. The molecule has 0 aliphatic rings. The van der Waals surface area contributed by atoms with E-state index in [2.05, 4.69) is 10.4 Å². The summed E-state index contributed by atoms with van der Waals surface area (Å²) in [5.74, 6) is 0.173. The van der Waals surface area contributed by atoms with Gasteiger partial charge in [0.05, 0.1) is 11.4 Å². The van der Waals surface area contributed by atoms with E-state index < -0.39 is 9.84 Å². The summed E-state index contributed by atoms with van der Waals surface area (Å²) in [5, 5.41) is 7.28. The molecule has 0 atom stereocenters. The van der Waals surface area contributed by atoms with Crippen LogP contribution < -0.4 is 5.32 Å². The lowest BCUT2D eigenvalue weighted by atomic mass is 10.3. The predicted molar refractivity (Wildman–Crippen MR) is 59.4 cm³/mol. The van der Waals surface area contributed by atoms with E-state index in [0.717, 1.165) is 11.3 Å². The Bertz CT molecular complexity index is 423. The van der Waals surface area contributed by atoms with Crippen molar-refractivity contribution in [1.82, 2.24) is 15.1 Å². The summed E-state index contributed by atoms with van der Waals surface area (Å²) in [6.45, 7) is 3.08. The molecule has 0 radical (unpaired) electrons. The molecule has 0 saturated heterocycles. The molecule has 6 heteroatoms. The third kappa shape index (κ3) is 4.44. The normalized spacial score (nSPS) is 11.9. The Morgan fingerprint density at radius 2 is 2.20 bits per heavy atom. The maximum Gasteiger partial charge on any atom is 0.148 e. The minimum Gasteiger partial charge on any atom is -0.312 e. The monoisotopic (exact) mass is 231 g/mol. The summed E-state index contributed by atoms with van der Waals surface area (Å²) >= 11 is 0. The molecule has 1 aromatic rings. The van der Waals surface area contributed by atoms with E-state index in [1.807, 2.05) is 20.2 Å². The van der Waals surface area contributed by atoms with Gasteiger partial charge in [0.2, 0.25) is 0 Å². The fourth-order valence-electron chi connectivity index (χ4n) is 1.30. The predicted octanol–water partition coefficient (Wildman–Crippen LogP) is -0.137. The SMILES string of the molecule is Cc1nn(C)cc1CNCCS(C)(=O)=O. The van der Waals surface area contributed by atoms with Gasteiger partial charge in [0.1, 0.15) is 9.84 Å². The molecule has 0 aliphatic heterocycles. The zero-order chi connectivity index (χ0) is 11.5. The van der Waals surface area contributed by atoms with Crippen molar-refractivity contribution < 1.29 is 8.42 Å². The van der Waals surface area contributed by atoms with Crippen molar-refractivity contribution in [3.8, 4) is 0 Å². The summed E-state index contributed by atoms with van der Waals surface area (Å²) in [6, 6.07) is 0. The van der Waals surface area contributed by atoms with E-state index in [-0.39, 0.29) is 5.75 Å². The van der Waals surface area contributed by atoms with Crippen LogP contribution in [0, 0.1) is 6.92 Å². The zero-order valence-electron chi connectivity index (χ0n) is 9.32. The Hall–Kier alpha value is -0.880. The summed E-state index contributed by atoms with van der Waals surface area (Å²) < 4.78 is 23.5. The smallest absolute Gasteiger partial charge is 0.148 e. The molecule has 0 spiro atoms. The third-order valence-electron chi connectivity index (χ3n) is 2.08. The molecule has 1 rings (SSSR count). The lowest BCUT2D eigenvalue weighted by molar-refractivity contribution is 0.596. The van der Waals surface area contributed by atoms with E-state index in [1.54, 1.807) is 4.68 Å². The van der Waals surface area contributed by atoms with Crippen molar-refractivity contribution in [2.45, 2.75) is 13.5 Å². The maximum absolute atomic E-state index is 10.9. The Balaban J connectivity index is 2.35. The molecule has 86 valence electrons. The van der Waals surface area contributed by atoms with Crippen molar-refractivity contribution >= 4 is 9.84 Å². The number of rotatable bonds is 5. The van der Waals surface area contributed by atoms with Crippen LogP contribution in [0.3, 0.4) is 0 Å². The molecule has 0 fully saturated rings. The average Bonchev–Trinajstić information content (AvgIpc) is 2.37. The van der Waals surface area contributed by atoms with Gasteiger partial charge in [0, 0.05) is 38.2 Å². The Labute approximate surface area is 90.4 Å². The number of aryl methyl sites for hydroxylation is 2. The number of hydrogen-bond donors (Lipinski definition) is 1. The lowest BCUT2D eigenvalue weighted by Crippen LogP contribution is -2.22. The van der Waals surface area contributed by atoms with E-state index >= 15 is 0 Å². The van der Waals surface area contributed by atoms with E-state index in [0.29, 0.717) is 13.1 Å². The van der Waals surface area contributed by atoms with E-state index in [4.69, 9.17) is 0 Å². The fourth-order valence-corrected chi connectivity index (χ4v) is 1.82. The molecular formula is C9H17N3O2S. The van der Waals surface area contributed by atoms with Crippen molar-refractivity contribution in [1.29, 1.82) is 0 Å². The van der Waals surface area contributed by atoms with Gasteiger partial charge < -0.3 is 5.32 Å². The highest BCUT2D eigenvalue weighted by Crippen LogP contribution is 2.03. The zero-order valence-corrected chi connectivity index (χ0v) is 10.1. The molecule has 1 aromatic heterocycles. The van der Waals surface area contributed by atoms with Gasteiger partial charge in [-0.2, -0.15) is 5.10 Å². The van der Waals surface area contributed by atoms with Crippen LogP contribution in [0.1, 0.15) is 11.3 Å². The summed E-state index contributed by atoms with van der Waals surface area (Å²) in [5.41, 5.74) is 2.08. The second-order valence-electron chi connectivity index (χ2n) is 3.72. The van der Waals surface area contributed by atoms with E-state index in [1.165, 1.54) is 6.26 Å². The topological polar surface area (TPSA) is 64.0 Å². The largest absolute Gasteiger partial charge is 0.312 e. The van der Waals surface area contributed by atoms with Crippen LogP contribution in [0.15, 0.2) is 6.20 Å². The molecule has 0 saturated carbocycles. The first-order chi connectivity index (χ1) is 6.88. The highest BCUT2D eigenvalue weighted by molar-refractivity contribution is 7.90. The van der Waals surface area contributed by atoms with Gasteiger partial charge in [0.15, 0.2) is 0 Å². The van der Waals surface area contributed by atoms with Gasteiger partial charge in [0.25, 0.3) is 0 Å². The van der Waals surface area contributed by atoms with Gasteiger partial charge in [-0.1, -0.05) is 0 Å². The maximum atomic E-state index is 10.9. The molecule has 0 bridgehead atoms. The summed E-state index contributed by atoms with van der Waals surface area (Å²) in [7, 11) is -0.999. The Morgan fingerprint density at radius 1 is 1.53 bits per heavy atom. The Kier molecular flexibility index (Phi) is 3.87. The van der Waals surface area contributed by atoms with Gasteiger partial charge in [-0.05, 0) is 6.92 Å². The fraction of sp³-hybridized carbons (Fsp3) is 0.667. The van der Waals surface area contributed by atoms with Crippen molar-refractivity contribution in [3.05, 3.63) is 17.5 Å². The molecule has 5 nitrogen and oxygen atoms in total. The molecule has 0 unspecified atom stereocenters. The first kappa shape index (κ1) is 12.2. The summed E-state index contributed by atoms with van der Waals surface area (Å²) in [4.78, 5) is 0. The summed E-state index contributed by atoms with van der Waals surface area (Å²) in [6.07, 6.45) is 3.17. The van der Waals surface area contributed by atoms with Gasteiger partial charge in [-0.15, -0.1) is 0 Å².